The number of hydrogen-bond acceptors (Lipinski definition) is 4. The van der Waals surface area contributed by atoms with Crippen molar-refractivity contribution in [1.82, 2.24) is 5.32 Å². The second kappa shape index (κ2) is 8.81. The van der Waals surface area contributed by atoms with Gasteiger partial charge in [0.1, 0.15) is 6.61 Å². The van der Waals surface area contributed by atoms with Crippen LogP contribution in [0.15, 0.2) is 47.6 Å². The van der Waals surface area contributed by atoms with E-state index in [9.17, 15) is 4.79 Å². The molecule has 5 nitrogen and oxygen atoms in total. The van der Waals surface area contributed by atoms with E-state index in [1.54, 1.807) is 6.08 Å². The fourth-order valence-electron chi connectivity index (χ4n) is 1.25. The molecule has 0 aliphatic rings. The maximum atomic E-state index is 11.0. The van der Waals surface area contributed by atoms with E-state index < -0.39 is 6.09 Å². The standard InChI is InChI=1S/C13H16N2O3/c16-13(14-9-10-15-17)18-11-5-4-8-12-6-2-1-3-7-12/h1-7,10,17H,8-9,11H2,(H,14,16). The highest BCUT2D eigenvalue weighted by atomic mass is 16.5. The largest absolute Gasteiger partial charge is 0.445 e. The number of alkyl carbamates (subject to hydrolysis) is 1. The van der Waals surface area contributed by atoms with Crippen molar-refractivity contribution in [1.29, 1.82) is 0 Å². The van der Waals surface area contributed by atoms with Gasteiger partial charge in [0.25, 0.3) is 0 Å². The number of rotatable bonds is 6. The van der Waals surface area contributed by atoms with E-state index in [-0.39, 0.29) is 13.2 Å². The van der Waals surface area contributed by atoms with Gasteiger partial charge in [0.2, 0.25) is 0 Å². The van der Waals surface area contributed by atoms with Crippen LogP contribution >= 0.6 is 0 Å². The van der Waals surface area contributed by atoms with Gasteiger partial charge in [0, 0.05) is 0 Å². The van der Waals surface area contributed by atoms with Crippen molar-refractivity contribution < 1.29 is 14.7 Å². The summed E-state index contributed by atoms with van der Waals surface area (Å²) in [5.41, 5.74) is 1.21. The fourth-order valence-corrected chi connectivity index (χ4v) is 1.25. The summed E-state index contributed by atoms with van der Waals surface area (Å²) >= 11 is 0. The van der Waals surface area contributed by atoms with Gasteiger partial charge < -0.3 is 15.3 Å². The van der Waals surface area contributed by atoms with Gasteiger partial charge in [0.15, 0.2) is 0 Å². The molecule has 0 unspecified atom stereocenters. The molecule has 0 atom stereocenters. The van der Waals surface area contributed by atoms with Crippen LogP contribution in [0.25, 0.3) is 0 Å². The highest BCUT2D eigenvalue weighted by Gasteiger charge is 1.96. The molecule has 1 aromatic carbocycles. The van der Waals surface area contributed by atoms with Gasteiger partial charge in [-0.05, 0) is 12.0 Å². The minimum absolute atomic E-state index is 0.142. The second-order valence-electron chi connectivity index (χ2n) is 3.44. The van der Waals surface area contributed by atoms with Crippen LogP contribution in [0.4, 0.5) is 4.79 Å². The Hall–Kier alpha value is -2.30. The van der Waals surface area contributed by atoms with Crippen molar-refractivity contribution in [2.75, 3.05) is 13.2 Å². The van der Waals surface area contributed by atoms with E-state index in [2.05, 4.69) is 10.5 Å². The number of carbonyl (C=O) groups excluding carboxylic acids is 1. The molecule has 0 fully saturated rings. The van der Waals surface area contributed by atoms with Gasteiger partial charge >= 0.3 is 6.09 Å². The van der Waals surface area contributed by atoms with Crippen molar-refractivity contribution in [2.45, 2.75) is 6.42 Å². The lowest BCUT2D eigenvalue weighted by molar-refractivity contribution is 0.160. The summed E-state index contributed by atoms with van der Waals surface area (Å²) in [4.78, 5) is 11.0. The van der Waals surface area contributed by atoms with Crippen LogP contribution < -0.4 is 5.32 Å². The highest BCUT2D eigenvalue weighted by molar-refractivity contribution is 5.72. The number of nitrogens with zero attached hydrogens (tertiary/aromatic N) is 1. The molecule has 2 N–H and O–H groups in total. The van der Waals surface area contributed by atoms with Crippen molar-refractivity contribution in [3.63, 3.8) is 0 Å². The molecule has 0 aromatic heterocycles. The number of ether oxygens (including phenoxy) is 1. The van der Waals surface area contributed by atoms with Crippen LogP contribution in [0.1, 0.15) is 5.56 Å². The first-order valence-electron chi connectivity index (χ1n) is 5.58. The van der Waals surface area contributed by atoms with E-state index in [4.69, 9.17) is 9.94 Å². The Labute approximate surface area is 106 Å². The zero-order valence-electron chi connectivity index (χ0n) is 9.95. The van der Waals surface area contributed by atoms with Gasteiger partial charge in [-0.25, -0.2) is 4.79 Å². The van der Waals surface area contributed by atoms with E-state index in [1.807, 2.05) is 36.4 Å². The summed E-state index contributed by atoms with van der Waals surface area (Å²) in [6, 6.07) is 10.0. The van der Waals surface area contributed by atoms with Crippen LogP contribution in [-0.2, 0) is 11.2 Å². The minimum atomic E-state index is -0.542. The summed E-state index contributed by atoms with van der Waals surface area (Å²) in [5.74, 6) is 0. The van der Waals surface area contributed by atoms with E-state index in [0.717, 1.165) is 12.6 Å². The predicted octanol–water partition coefficient (Wildman–Crippen LogP) is 1.97. The third-order valence-electron chi connectivity index (χ3n) is 2.09. The number of amides is 1. The van der Waals surface area contributed by atoms with Gasteiger partial charge in [-0.2, -0.15) is 0 Å². The molecule has 0 saturated heterocycles. The summed E-state index contributed by atoms with van der Waals surface area (Å²) in [6.45, 7) is 0.359. The Morgan fingerprint density at radius 1 is 1.33 bits per heavy atom. The van der Waals surface area contributed by atoms with Crippen molar-refractivity contribution in [2.24, 2.45) is 5.16 Å². The van der Waals surface area contributed by atoms with Crippen LogP contribution in [0.3, 0.4) is 0 Å². The molecule has 1 rings (SSSR count). The lowest BCUT2D eigenvalue weighted by Gasteiger charge is -2.01. The predicted molar refractivity (Wildman–Crippen MR) is 68.9 cm³/mol. The Bertz CT molecular complexity index is 402. The molecule has 0 bridgehead atoms. The maximum Gasteiger partial charge on any atom is 0.407 e. The molecular weight excluding hydrogens is 232 g/mol. The normalized spacial score (nSPS) is 10.9. The first-order chi connectivity index (χ1) is 8.83. The number of benzene rings is 1. The molecule has 18 heavy (non-hydrogen) atoms. The highest BCUT2D eigenvalue weighted by Crippen LogP contribution is 1.99. The maximum absolute atomic E-state index is 11.0. The van der Waals surface area contributed by atoms with E-state index in [1.165, 1.54) is 5.56 Å². The van der Waals surface area contributed by atoms with E-state index >= 15 is 0 Å². The molecule has 0 radical (unpaired) electrons. The molecular formula is C13H16N2O3. The van der Waals surface area contributed by atoms with Gasteiger partial charge in [0.05, 0.1) is 12.8 Å². The van der Waals surface area contributed by atoms with Gasteiger partial charge in [-0.1, -0.05) is 42.5 Å². The molecule has 0 heterocycles. The Balaban J connectivity index is 2.12. The van der Waals surface area contributed by atoms with E-state index in [0.29, 0.717) is 0 Å². The molecule has 0 aliphatic heterocycles. The van der Waals surface area contributed by atoms with Crippen molar-refractivity contribution >= 4 is 12.3 Å². The summed E-state index contributed by atoms with van der Waals surface area (Å²) in [6.07, 6.45) is 5.15. The average molecular weight is 248 g/mol. The second-order valence-corrected chi connectivity index (χ2v) is 3.44. The molecule has 1 amide bonds. The number of allylic oxidation sites excluding steroid dienone is 1. The zero-order valence-corrected chi connectivity index (χ0v) is 9.95. The first kappa shape index (κ1) is 13.8. The minimum Gasteiger partial charge on any atom is -0.445 e. The zero-order chi connectivity index (χ0) is 13.1. The topological polar surface area (TPSA) is 70.9 Å². The Morgan fingerprint density at radius 3 is 2.83 bits per heavy atom. The van der Waals surface area contributed by atoms with Crippen LogP contribution in [-0.4, -0.2) is 30.7 Å². The Morgan fingerprint density at radius 2 is 2.11 bits per heavy atom. The molecule has 0 spiro atoms. The summed E-state index contributed by atoms with van der Waals surface area (Å²) in [7, 11) is 0. The average Bonchev–Trinajstić information content (AvgIpc) is 2.40. The number of nitrogens with one attached hydrogen (secondary N) is 1. The van der Waals surface area contributed by atoms with Gasteiger partial charge in [-0.3, -0.25) is 0 Å². The molecule has 1 aromatic rings. The van der Waals surface area contributed by atoms with Crippen molar-refractivity contribution in [3.8, 4) is 0 Å². The lowest BCUT2D eigenvalue weighted by atomic mass is 10.1. The SMILES string of the molecule is O=C(NCC=NO)OCC=CCc1ccccc1. The smallest absolute Gasteiger partial charge is 0.407 e. The monoisotopic (exact) mass is 248 g/mol. The van der Waals surface area contributed by atoms with Crippen LogP contribution in [0.5, 0.6) is 0 Å². The lowest BCUT2D eigenvalue weighted by Crippen LogP contribution is -2.26. The third-order valence-corrected chi connectivity index (χ3v) is 2.09. The molecule has 5 heteroatoms. The number of hydrogen-bond donors (Lipinski definition) is 2. The molecule has 96 valence electrons. The quantitative estimate of drug-likeness (QED) is 0.350. The first-order valence-corrected chi connectivity index (χ1v) is 5.58. The van der Waals surface area contributed by atoms with Crippen molar-refractivity contribution in [3.05, 3.63) is 48.0 Å². The molecule has 0 saturated carbocycles. The number of carbonyl (C=O) groups is 1. The van der Waals surface area contributed by atoms with Crippen LogP contribution in [0.2, 0.25) is 0 Å². The summed E-state index contributed by atoms with van der Waals surface area (Å²) in [5, 5.41) is 13.2. The summed E-state index contributed by atoms with van der Waals surface area (Å²) < 4.78 is 4.85. The fraction of sp³-hybridized carbons (Fsp3) is 0.231. The third kappa shape index (κ3) is 6.32. The van der Waals surface area contributed by atoms with Gasteiger partial charge in [-0.15, -0.1) is 5.16 Å². The van der Waals surface area contributed by atoms with Crippen LogP contribution in [0, 0.1) is 0 Å². The number of oxime groups is 1. The molecule has 0 aliphatic carbocycles. The Kier molecular flexibility index (Phi) is 6.73.